The number of fused-ring (bicyclic) bond motifs is 1. The highest BCUT2D eigenvalue weighted by Gasteiger charge is 2.27. The molecule has 114 valence electrons. The molecule has 0 radical (unpaired) electrons. The molecule has 0 aliphatic carbocycles. The zero-order chi connectivity index (χ0) is 14.9. The van der Waals surface area contributed by atoms with Crippen LogP contribution in [0, 0.1) is 0 Å². The Hall–Kier alpha value is -1.95. The van der Waals surface area contributed by atoms with Crippen LogP contribution in [0.3, 0.4) is 0 Å². The molecule has 22 heavy (non-hydrogen) atoms. The summed E-state index contributed by atoms with van der Waals surface area (Å²) in [6.07, 6.45) is 5.45. The quantitative estimate of drug-likeness (QED) is 0.746. The molecule has 6 heteroatoms. The molecule has 1 amide bonds. The lowest BCUT2D eigenvalue weighted by Crippen LogP contribution is -2.33. The number of carbonyl (C=O) groups is 1. The molecule has 0 bridgehead atoms. The number of thioether (sulfide) groups is 1. The van der Waals surface area contributed by atoms with Crippen LogP contribution in [0.4, 0.5) is 0 Å². The topological polar surface area (TPSA) is 51.1 Å². The third kappa shape index (κ3) is 2.47. The Bertz CT molecular complexity index is 678. The number of carbonyl (C=O) groups excluding carboxylic acids is 1. The van der Waals surface area contributed by atoms with Gasteiger partial charge < -0.3 is 14.4 Å². The molecule has 0 saturated carbocycles. The van der Waals surface area contributed by atoms with Gasteiger partial charge in [-0.15, -0.1) is 0 Å². The molecular formula is C16H16N2O3S. The first-order valence-electron chi connectivity index (χ1n) is 7.47. The second-order valence-electron chi connectivity index (χ2n) is 5.44. The monoisotopic (exact) mass is 316 g/mol. The van der Waals surface area contributed by atoms with E-state index >= 15 is 0 Å². The molecular weight excluding hydrogens is 300 g/mol. The summed E-state index contributed by atoms with van der Waals surface area (Å²) < 4.78 is 10.8. The fraction of sp³-hybridized carbons (Fsp3) is 0.375. The first-order valence-corrected chi connectivity index (χ1v) is 8.29. The number of hydrogen-bond acceptors (Lipinski definition) is 5. The van der Waals surface area contributed by atoms with Gasteiger partial charge in [-0.2, -0.15) is 4.99 Å². The van der Waals surface area contributed by atoms with Gasteiger partial charge in [0.1, 0.15) is 0 Å². The maximum absolute atomic E-state index is 12.2. The van der Waals surface area contributed by atoms with E-state index in [0.29, 0.717) is 10.7 Å². The van der Waals surface area contributed by atoms with Crippen molar-refractivity contribution in [3.8, 4) is 11.5 Å². The van der Waals surface area contributed by atoms with Gasteiger partial charge in [0.15, 0.2) is 16.7 Å². The van der Waals surface area contributed by atoms with Crippen molar-refractivity contribution >= 4 is 28.9 Å². The second kappa shape index (κ2) is 5.68. The number of aliphatic imine (C=N–C) groups is 1. The van der Waals surface area contributed by atoms with Crippen LogP contribution in [0.5, 0.6) is 11.5 Å². The van der Waals surface area contributed by atoms with Gasteiger partial charge in [-0.1, -0.05) is 12.1 Å². The number of amides is 1. The van der Waals surface area contributed by atoms with E-state index in [9.17, 15) is 4.79 Å². The van der Waals surface area contributed by atoms with Gasteiger partial charge >= 0.3 is 0 Å². The molecule has 1 aromatic carbocycles. The van der Waals surface area contributed by atoms with E-state index in [-0.39, 0.29) is 12.7 Å². The minimum absolute atomic E-state index is 0.165. The van der Waals surface area contributed by atoms with Crippen LogP contribution in [0.15, 0.2) is 28.1 Å². The molecule has 1 aromatic rings. The van der Waals surface area contributed by atoms with Gasteiger partial charge in [-0.3, -0.25) is 4.79 Å². The van der Waals surface area contributed by atoms with Crippen LogP contribution < -0.4 is 9.47 Å². The minimum Gasteiger partial charge on any atom is -0.454 e. The number of benzene rings is 1. The van der Waals surface area contributed by atoms with E-state index < -0.39 is 0 Å². The van der Waals surface area contributed by atoms with E-state index in [1.54, 1.807) is 0 Å². The van der Waals surface area contributed by atoms with E-state index in [4.69, 9.17) is 9.47 Å². The van der Waals surface area contributed by atoms with Crippen molar-refractivity contribution in [1.29, 1.82) is 0 Å². The van der Waals surface area contributed by atoms with Crippen LogP contribution in [0.2, 0.25) is 0 Å². The van der Waals surface area contributed by atoms with Crippen molar-refractivity contribution in [3.05, 3.63) is 28.7 Å². The molecule has 3 aliphatic heterocycles. The van der Waals surface area contributed by atoms with Crippen LogP contribution in [-0.4, -0.2) is 35.9 Å². The Morgan fingerprint density at radius 3 is 2.91 bits per heavy atom. The van der Waals surface area contributed by atoms with E-state index in [1.165, 1.54) is 31.0 Å². The Morgan fingerprint density at radius 2 is 2.05 bits per heavy atom. The first-order chi connectivity index (χ1) is 10.8. The fourth-order valence-corrected chi connectivity index (χ4v) is 3.78. The Labute approximate surface area is 133 Å². The molecule has 0 N–H and O–H groups in total. The highest BCUT2D eigenvalue weighted by molar-refractivity contribution is 8.18. The molecule has 4 rings (SSSR count). The minimum atomic E-state index is -0.165. The lowest BCUT2D eigenvalue weighted by atomic mass is 10.1. The molecule has 1 saturated heterocycles. The molecule has 1 fully saturated rings. The summed E-state index contributed by atoms with van der Waals surface area (Å²) in [6.45, 7) is 2.21. The molecule has 0 unspecified atom stereocenters. The van der Waals surface area contributed by atoms with Crippen molar-refractivity contribution in [2.75, 3.05) is 19.9 Å². The summed E-state index contributed by atoms with van der Waals surface area (Å²) in [5.74, 6) is 1.26. The standard InChI is InChI=1S/C16H16N2O3S/c19-15-13(22-16(17-15)18-7-2-1-3-8-18)9-11-5-4-6-12-14(11)21-10-20-12/h4-6,9H,1-3,7-8,10H2/b13-9-. The molecule has 3 heterocycles. The molecule has 0 aromatic heterocycles. The second-order valence-corrected chi connectivity index (χ2v) is 6.45. The number of hydrogen-bond donors (Lipinski definition) is 0. The maximum atomic E-state index is 12.2. The van der Waals surface area contributed by atoms with Crippen molar-refractivity contribution in [3.63, 3.8) is 0 Å². The predicted molar refractivity (Wildman–Crippen MR) is 86.0 cm³/mol. The van der Waals surface area contributed by atoms with E-state index in [1.807, 2.05) is 24.3 Å². The number of rotatable bonds is 1. The van der Waals surface area contributed by atoms with Crippen LogP contribution in [-0.2, 0) is 4.79 Å². The summed E-state index contributed by atoms with van der Waals surface area (Å²) in [6, 6.07) is 5.69. The average Bonchev–Trinajstić information content (AvgIpc) is 3.16. The molecule has 0 atom stereocenters. The summed E-state index contributed by atoms with van der Waals surface area (Å²) >= 11 is 1.46. The van der Waals surface area contributed by atoms with Gasteiger partial charge in [0.05, 0.1) is 4.91 Å². The number of amidine groups is 1. The Kier molecular flexibility index (Phi) is 3.54. The number of para-hydroxylation sites is 1. The van der Waals surface area contributed by atoms with Crippen molar-refractivity contribution in [1.82, 2.24) is 4.90 Å². The smallest absolute Gasteiger partial charge is 0.286 e. The van der Waals surface area contributed by atoms with Crippen molar-refractivity contribution < 1.29 is 14.3 Å². The van der Waals surface area contributed by atoms with Gasteiger partial charge in [0, 0.05) is 18.7 Å². The summed E-state index contributed by atoms with van der Waals surface area (Å²) in [5.41, 5.74) is 0.862. The summed E-state index contributed by atoms with van der Waals surface area (Å²) in [4.78, 5) is 19.2. The van der Waals surface area contributed by atoms with Crippen LogP contribution >= 0.6 is 11.8 Å². The lowest BCUT2D eigenvalue weighted by Gasteiger charge is -2.27. The predicted octanol–water partition coefficient (Wildman–Crippen LogP) is 2.87. The molecule has 3 aliphatic rings. The molecule has 5 nitrogen and oxygen atoms in total. The normalized spacial score (nSPS) is 22.4. The van der Waals surface area contributed by atoms with Gasteiger partial charge in [0.2, 0.25) is 6.79 Å². The number of likely N-dealkylation sites (tertiary alicyclic amines) is 1. The fourth-order valence-electron chi connectivity index (χ4n) is 2.83. The number of ether oxygens (including phenoxy) is 2. The highest BCUT2D eigenvalue weighted by atomic mass is 32.2. The summed E-state index contributed by atoms with van der Waals surface area (Å²) in [7, 11) is 0. The molecule has 0 spiro atoms. The third-order valence-electron chi connectivity index (χ3n) is 3.95. The summed E-state index contributed by atoms with van der Waals surface area (Å²) in [5, 5.41) is 0.834. The number of nitrogens with zero attached hydrogens (tertiary/aromatic N) is 2. The Balaban J connectivity index is 1.57. The lowest BCUT2D eigenvalue weighted by molar-refractivity contribution is -0.113. The number of piperidine rings is 1. The van der Waals surface area contributed by atoms with Crippen LogP contribution in [0.1, 0.15) is 24.8 Å². The highest BCUT2D eigenvalue weighted by Crippen LogP contribution is 2.39. The zero-order valence-electron chi connectivity index (χ0n) is 12.1. The van der Waals surface area contributed by atoms with E-state index in [0.717, 1.165) is 29.6 Å². The van der Waals surface area contributed by atoms with Gasteiger partial charge in [-0.05, 0) is 43.2 Å². The SMILES string of the molecule is O=C1N=C(N2CCCCC2)S/C1=C\c1cccc2c1OCO2. The zero-order valence-corrected chi connectivity index (χ0v) is 12.9. The average molecular weight is 316 g/mol. The largest absolute Gasteiger partial charge is 0.454 e. The van der Waals surface area contributed by atoms with Crippen LogP contribution in [0.25, 0.3) is 6.08 Å². The Morgan fingerprint density at radius 1 is 1.18 bits per heavy atom. The van der Waals surface area contributed by atoms with Crippen molar-refractivity contribution in [2.24, 2.45) is 4.99 Å². The third-order valence-corrected chi connectivity index (χ3v) is 4.99. The van der Waals surface area contributed by atoms with E-state index in [2.05, 4.69) is 9.89 Å². The van der Waals surface area contributed by atoms with Gasteiger partial charge in [-0.25, -0.2) is 0 Å². The van der Waals surface area contributed by atoms with Crippen molar-refractivity contribution in [2.45, 2.75) is 19.3 Å². The maximum Gasteiger partial charge on any atom is 0.286 e. The van der Waals surface area contributed by atoms with Gasteiger partial charge in [0.25, 0.3) is 5.91 Å². The first kappa shape index (κ1) is 13.7.